The van der Waals surface area contributed by atoms with Crippen LogP contribution in [0, 0.1) is 0 Å². The lowest BCUT2D eigenvalue weighted by Crippen LogP contribution is -2.32. The zero-order valence-corrected chi connectivity index (χ0v) is 10.0. The van der Waals surface area contributed by atoms with Gasteiger partial charge < -0.3 is 9.52 Å². The minimum Gasteiger partial charge on any atom is -0.448 e. The van der Waals surface area contributed by atoms with Gasteiger partial charge in [-0.2, -0.15) is 0 Å². The van der Waals surface area contributed by atoms with E-state index in [2.05, 4.69) is 23.7 Å². The largest absolute Gasteiger partial charge is 0.448 e. The molecule has 1 aromatic heterocycles. The van der Waals surface area contributed by atoms with Crippen LogP contribution in [-0.4, -0.2) is 34.2 Å². The molecule has 2 heterocycles. The lowest BCUT2D eigenvalue weighted by atomic mass is 10.1. The van der Waals surface area contributed by atoms with Gasteiger partial charge in [-0.05, 0) is 19.4 Å². The smallest absolute Gasteiger partial charge is 0.181 e. The van der Waals surface area contributed by atoms with E-state index >= 15 is 0 Å². The summed E-state index contributed by atoms with van der Waals surface area (Å²) >= 11 is 0. The van der Waals surface area contributed by atoms with Gasteiger partial charge in [0.25, 0.3) is 0 Å². The average Bonchev–Trinajstić information content (AvgIpc) is 2.86. The quantitative estimate of drug-likeness (QED) is 0.846. The normalized spacial score (nSPS) is 22.1. The Labute approximate surface area is 96.3 Å². The molecular formula is C12H20N2O2. The van der Waals surface area contributed by atoms with Crippen molar-refractivity contribution in [2.75, 3.05) is 13.2 Å². The second-order valence-electron chi connectivity index (χ2n) is 4.77. The lowest BCUT2D eigenvalue weighted by molar-refractivity contribution is 0.152. The summed E-state index contributed by atoms with van der Waals surface area (Å²) in [4.78, 5) is 6.58. The third-order valence-electron chi connectivity index (χ3n) is 3.26. The van der Waals surface area contributed by atoms with Crippen LogP contribution < -0.4 is 0 Å². The van der Waals surface area contributed by atoms with Gasteiger partial charge in [0.1, 0.15) is 5.76 Å². The third kappa shape index (κ3) is 2.28. The fourth-order valence-corrected chi connectivity index (χ4v) is 2.37. The van der Waals surface area contributed by atoms with Crippen LogP contribution in [0.25, 0.3) is 0 Å². The highest BCUT2D eigenvalue weighted by atomic mass is 16.3. The van der Waals surface area contributed by atoms with Crippen LogP contribution in [0.5, 0.6) is 0 Å². The summed E-state index contributed by atoms with van der Waals surface area (Å²) in [6.45, 7) is 6.31. The number of rotatable bonds is 4. The van der Waals surface area contributed by atoms with Crippen LogP contribution in [0.2, 0.25) is 0 Å². The van der Waals surface area contributed by atoms with Gasteiger partial charge in [-0.15, -0.1) is 0 Å². The van der Waals surface area contributed by atoms with Crippen LogP contribution in [0.4, 0.5) is 0 Å². The van der Waals surface area contributed by atoms with Gasteiger partial charge in [-0.25, -0.2) is 4.98 Å². The highest BCUT2D eigenvalue weighted by Crippen LogP contribution is 2.23. The van der Waals surface area contributed by atoms with E-state index in [-0.39, 0.29) is 6.61 Å². The molecule has 1 atom stereocenters. The zero-order valence-electron chi connectivity index (χ0n) is 10.0. The Morgan fingerprint density at radius 3 is 3.12 bits per heavy atom. The van der Waals surface area contributed by atoms with Crippen molar-refractivity contribution < 1.29 is 9.52 Å². The van der Waals surface area contributed by atoms with Gasteiger partial charge in [0.15, 0.2) is 6.39 Å². The molecule has 1 N–H and O–H groups in total. The second kappa shape index (κ2) is 4.97. The first-order valence-electron chi connectivity index (χ1n) is 5.99. The maximum atomic E-state index is 9.26. The Hall–Kier alpha value is -0.870. The molecule has 90 valence electrons. The molecule has 1 saturated heterocycles. The van der Waals surface area contributed by atoms with Gasteiger partial charge in [-0.3, -0.25) is 4.90 Å². The Kier molecular flexibility index (Phi) is 3.61. The summed E-state index contributed by atoms with van der Waals surface area (Å²) in [7, 11) is 0. The minimum atomic E-state index is 0.245. The second-order valence-corrected chi connectivity index (χ2v) is 4.77. The number of hydrogen-bond donors (Lipinski definition) is 1. The number of aliphatic hydroxyl groups excluding tert-OH is 1. The Morgan fingerprint density at radius 2 is 2.44 bits per heavy atom. The fraction of sp³-hybridized carbons (Fsp3) is 0.750. The summed E-state index contributed by atoms with van der Waals surface area (Å²) in [5, 5.41) is 9.26. The number of hydrogen-bond acceptors (Lipinski definition) is 4. The number of aliphatic hydroxyl groups is 1. The van der Waals surface area contributed by atoms with E-state index in [1.165, 1.54) is 12.8 Å². The first-order chi connectivity index (χ1) is 7.72. The van der Waals surface area contributed by atoms with Crippen molar-refractivity contribution in [1.82, 2.24) is 9.88 Å². The molecule has 0 bridgehead atoms. The lowest BCUT2D eigenvalue weighted by Gasteiger charge is -2.21. The van der Waals surface area contributed by atoms with Crippen LogP contribution in [0.15, 0.2) is 10.8 Å². The standard InChI is InChI=1S/C12H20N2O2/c1-9(2)12-11(13-8-16-12)6-14-5-3-4-10(14)7-15/h8-10,15H,3-7H2,1-2H3/t10-/m1/s1. The minimum absolute atomic E-state index is 0.245. The van der Waals surface area contributed by atoms with Crippen molar-refractivity contribution in [3.05, 3.63) is 17.8 Å². The predicted molar refractivity (Wildman–Crippen MR) is 61.1 cm³/mol. The summed E-state index contributed by atoms with van der Waals surface area (Å²) < 4.78 is 5.40. The van der Waals surface area contributed by atoms with Gasteiger partial charge >= 0.3 is 0 Å². The van der Waals surface area contributed by atoms with Gasteiger partial charge in [-0.1, -0.05) is 13.8 Å². The summed E-state index contributed by atoms with van der Waals surface area (Å²) in [5.41, 5.74) is 1.02. The average molecular weight is 224 g/mol. The van der Waals surface area contributed by atoms with Crippen molar-refractivity contribution >= 4 is 0 Å². The van der Waals surface area contributed by atoms with Crippen molar-refractivity contribution in [1.29, 1.82) is 0 Å². The monoisotopic (exact) mass is 224 g/mol. The zero-order chi connectivity index (χ0) is 11.5. The number of aromatic nitrogens is 1. The number of oxazole rings is 1. The molecule has 4 heteroatoms. The molecule has 4 nitrogen and oxygen atoms in total. The molecule has 0 saturated carbocycles. The van der Waals surface area contributed by atoms with Crippen LogP contribution in [0.1, 0.15) is 44.1 Å². The van der Waals surface area contributed by atoms with Crippen LogP contribution >= 0.6 is 0 Å². The Balaban J connectivity index is 2.05. The maximum Gasteiger partial charge on any atom is 0.181 e. The molecule has 0 amide bonds. The number of likely N-dealkylation sites (tertiary alicyclic amines) is 1. The van der Waals surface area contributed by atoms with E-state index in [1.54, 1.807) is 0 Å². The van der Waals surface area contributed by atoms with Crippen LogP contribution in [-0.2, 0) is 6.54 Å². The van der Waals surface area contributed by atoms with Crippen molar-refractivity contribution in [3.63, 3.8) is 0 Å². The third-order valence-corrected chi connectivity index (χ3v) is 3.26. The van der Waals surface area contributed by atoms with E-state index < -0.39 is 0 Å². The molecule has 1 aromatic rings. The van der Waals surface area contributed by atoms with Crippen molar-refractivity contribution in [2.24, 2.45) is 0 Å². The first-order valence-corrected chi connectivity index (χ1v) is 5.99. The molecular weight excluding hydrogens is 204 g/mol. The molecule has 2 rings (SSSR count). The first kappa shape index (κ1) is 11.6. The highest BCUT2D eigenvalue weighted by molar-refractivity contribution is 5.11. The molecule has 16 heavy (non-hydrogen) atoms. The topological polar surface area (TPSA) is 49.5 Å². The number of nitrogens with zero attached hydrogens (tertiary/aromatic N) is 2. The van der Waals surface area contributed by atoms with E-state index in [0.717, 1.165) is 31.0 Å². The summed E-state index contributed by atoms with van der Waals surface area (Å²) in [5.74, 6) is 1.34. The van der Waals surface area contributed by atoms with E-state index in [1.807, 2.05) is 0 Å². The highest BCUT2D eigenvalue weighted by Gasteiger charge is 2.25. The molecule has 0 spiro atoms. The molecule has 0 unspecified atom stereocenters. The molecule has 1 aliphatic rings. The van der Waals surface area contributed by atoms with E-state index in [9.17, 15) is 5.11 Å². The van der Waals surface area contributed by atoms with Crippen molar-refractivity contribution in [2.45, 2.75) is 45.2 Å². The fourth-order valence-electron chi connectivity index (χ4n) is 2.37. The molecule has 1 aliphatic heterocycles. The molecule has 0 aliphatic carbocycles. The van der Waals surface area contributed by atoms with E-state index in [4.69, 9.17) is 4.42 Å². The van der Waals surface area contributed by atoms with Gasteiger partial charge in [0.2, 0.25) is 0 Å². The van der Waals surface area contributed by atoms with Gasteiger partial charge in [0, 0.05) is 18.5 Å². The molecule has 0 radical (unpaired) electrons. The van der Waals surface area contributed by atoms with Crippen LogP contribution in [0.3, 0.4) is 0 Å². The Morgan fingerprint density at radius 1 is 1.62 bits per heavy atom. The van der Waals surface area contributed by atoms with Gasteiger partial charge in [0.05, 0.1) is 12.3 Å². The van der Waals surface area contributed by atoms with Crippen molar-refractivity contribution in [3.8, 4) is 0 Å². The molecule has 1 fully saturated rings. The maximum absolute atomic E-state index is 9.26. The summed E-state index contributed by atoms with van der Waals surface area (Å²) in [6, 6.07) is 0.303. The molecule has 0 aromatic carbocycles. The predicted octanol–water partition coefficient (Wildman–Crippen LogP) is 1.75. The van der Waals surface area contributed by atoms with E-state index in [0.29, 0.717) is 12.0 Å². The SMILES string of the molecule is CC(C)c1ocnc1CN1CCC[C@@H]1CO. The summed E-state index contributed by atoms with van der Waals surface area (Å²) in [6.07, 6.45) is 3.78. The Bertz CT molecular complexity index is 336.